The van der Waals surface area contributed by atoms with E-state index in [0.29, 0.717) is 12.3 Å². The Bertz CT molecular complexity index is 337. The van der Waals surface area contributed by atoms with E-state index in [-0.39, 0.29) is 12.6 Å². The van der Waals surface area contributed by atoms with Crippen molar-refractivity contribution in [3.05, 3.63) is 28.8 Å². The highest BCUT2D eigenvalue weighted by molar-refractivity contribution is 5.40. The van der Waals surface area contributed by atoms with Gasteiger partial charge in [-0.15, -0.1) is 0 Å². The smallest absolute Gasteiger partial charge is 0.120 e. The summed E-state index contributed by atoms with van der Waals surface area (Å²) >= 11 is 0. The normalized spacial score (nSPS) is 12.8. The van der Waals surface area contributed by atoms with Crippen molar-refractivity contribution in [2.75, 3.05) is 6.61 Å². The van der Waals surface area contributed by atoms with Crippen molar-refractivity contribution in [1.29, 1.82) is 0 Å². The van der Waals surface area contributed by atoms with Crippen molar-refractivity contribution in [2.24, 2.45) is 0 Å². The van der Waals surface area contributed by atoms with Gasteiger partial charge in [-0.2, -0.15) is 0 Å². The number of aliphatic hydroxyl groups excluding tert-OH is 1. The molecule has 0 aliphatic heterocycles. The van der Waals surface area contributed by atoms with Crippen LogP contribution in [0.1, 0.15) is 23.6 Å². The molecule has 0 saturated heterocycles. The summed E-state index contributed by atoms with van der Waals surface area (Å²) in [7, 11) is 0. The minimum atomic E-state index is 0.0472. The number of aromatic hydroxyl groups is 1. The summed E-state index contributed by atoms with van der Waals surface area (Å²) < 4.78 is 0. The molecule has 1 aromatic rings. The van der Waals surface area contributed by atoms with Gasteiger partial charge >= 0.3 is 0 Å². The van der Waals surface area contributed by atoms with E-state index < -0.39 is 0 Å². The molecule has 0 heterocycles. The molecule has 1 aromatic carbocycles. The second-order valence-corrected chi connectivity index (χ2v) is 4.03. The van der Waals surface area contributed by atoms with Gasteiger partial charge in [-0.25, -0.2) is 0 Å². The summed E-state index contributed by atoms with van der Waals surface area (Å²) in [4.78, 5) is 0. The zero-order chi connectivity index (χ0) is 11.4. The molecule has 0 radical (unpaired) electrons. The Hall–Kier alpha value is -1.06. The molecule has 0 unspecified atom stereocenters. The summed E-state index contributed by atoms with van der Waals surface area (Å²) in [5.41, 5.74) is 3.13. The highest BCUT2D eigenvalue weighted by atomic mass is 16.3. The van der Waals surface area contributed by atoms with E-state index in [9.17, 15) is 5.11 Å². The number of hydrogen-bond donors (Lipinski definition) is 3. The topological polar surface area (TPSA) is 52.5 Å². The van der Waals surface area contributed by atoms with Gasteiger partial charge in [0.25, 0.3) is 0 Å². The first-order valence-electron chi connectivity index (χ1n) is 5.18. The third-order valence-corrected chi connectivity index (χ3v) is 2.61. The molecule has 3 N–H and O–H groups in total. The molecule has 0 saturated carbocycles. The highest BCUT2D eigenvalue weighted by Crippen LogP contribution is 2.21. The van der Waals surface area contributed by atoms with E-state index in [4.69, 9.17) is 5.11 Å². The van der Waals surface area contributed by atoms with Crippen LogP contribution in [0.25, 0.3) is 0 Å². The maximum atomic E-state index is 9.70. The summed E-state index contributed by atoms with van der Waals surface area (Å²) in [6.45, 7) is 6.58. The van der Waals surface area contributed by atoms with Crippen molar-refractivity contribution in [1.82, 2.24) is 5.32 Å². The number of rotatable bonds is 4. The first-order chi connectivity index (χ1) is 7.04. The number of benzene rings is 1. The van der Waals surface area contributed by atoms with Crippen LogP contribution in [0.5, 0.6) is 5.75 Å². The first kappa shape index (κ1) is 12.0. The van der Waals surface area contributed by atoms with Gasteiger partial charge in [-0.1, -0.05) is 6.07 Å². The van der Waals surface area contributed by atoms with E-state index in [1.54, 1.807) is 6.07 Å². The maximum Gasteiger partial charge on any atom is 0.120 e. The largest absolute Gasteiger partial charge is 0.508 e. The Morgan fingerprint density at radius 1 is 1.27 bits per heavy atom. The predicted molar refractivity (Wildman–Crippen MR) is 61.0 cm³/mol. The number of phenolic OH excluding ortho intramolecular Hbond substituents is 1. The lowest BCUT2D eigenvalue weighted by molar-refractivity contribution is 0.250. The van der Waals surface area contributed by atoms with Crippen molar-refractivity contribution in [3.63, 3.8) is 0 Å². The quantitative estimate of drug-likeness (QED) is 0.704. The van der Waals surface area contributed by atoms with Gasteiger partial charge in [-0.05, 0) is 38.0 Å². The maximum absolute atomic E-state index is 9.70. The minimum Gasteiger partial charge on any atom is -0.508 e. The predicted octanol–water partition coefficient (Wildman–Crippen LogP) is 1.48. The monoisotopic (exact) mass is 209 g/mol. The molecule has 0 aromatic heterocycles. The van der Waals surface area contributed by atoms with E-state index >= 15 is 0 Å². The Morgan fingerprint density at radius 2 is 1.87 bits per heavy atom. The van der Waals surface area contributed by atoms with E-state index in [1.165, 1.54) is 5.56 Å². The molecule has 0 aliphatic carbocycles. The lowest BCUT2D eigenvalue weighted by Gasteiger charge is -2.13. The molecule has 1 rings (SSSR count). The average Bonchev–Trinajstić information content (AvgIpc) is 2.21. The van der Waals surface area contributed by atoms with Crippen LogP contribution in [0.4, 0.5) is 0 Å². The Labute approximate surface area is 90.8 Å². The molecular formula is C12H19NO2. The SMILES string of the molecule is Cc1cc(O)c(CN[C@H](C)CO)cc1C. The van der Waals surface area contributed by atoms with Gasteiger partial charge in [-0.3, -0.25) is 0 Å². The van der Waals surface area contributed by atoms with E-state index in [1.807, 2.05) is 26.8 Å². The van der Waals surface area contributed by atoms with Crippen LogP contribution in [-0.4, -0.2) is 22.9 Å². The fourth-order valence-electron chi connectivity index (χ4n) is 1.35. The highest BCUT2D eigenvalue weighted by Gasteiger charge is 2.05. The molecule has 3 nitrogen and oxygen atoms in total. The molecule has 15 heavy (non-hydrogen) atoms. The average molecular weight is 209 g/mol. The van der Waals surface area contributed by atoms with Crippen LogP contribution < -0.4 is 5.32 Å². The number of nitrogens with one attached hydrogen (secondary N) is 1. The van der Waals surface area contributed by atoms with Crippen molar-refractivity contribution >= 4 is 0 Å². The summed E-state index contributed by atoms with van der Waals surface area (Å²) in [6, 6.07) is 3.79. The standard InChI is InChI=1S/C12H19NO2/c1-8-4-11(6-13-10(3)7-14)12(15)5-9(8)2/h4-5,10,13-15H,6-7H2,1-3H3/t10-/m1/s1. The minimum absolute atomic E-state index is 0.0472. The van der Waals surface area contributed by atoms with Crippen molar-refractivity contribution in [3.8, 4) is 5.75 Å². The Morgan fingerprint density at radius 3 is 2.47 bits per heavy atom. The summed E-state index contributed by atoms with van der Waals surface area (Å²) in [6.07, 6.45) is 0. The summed E-state index contributed by atoms with van der Waals surface area (Å²) in [5, 5.41) is 21.7. The van der Waals surface area contributed by atoms with E-state index in [0.717, 1.165) is 11.1 Å². The van der Waals surface area contributed by atoms with Crippen molar-refractivity contribution < 1.29 is 10.2 Å². The van der Waals surface area contributed by atoms with Crippen LogP contribution in [0.15, 0.2) is 12.1 Å². The molecule has 0 aliphatic rings. The zero-order valence-electron chi connectivity index (χ0n) is 9.54. The number of phenols is 1. The summed E-state index contributed by atoms with van der Waals surface area (Å²) in [5.74, 6) is 0.315. The van der Waals surface area contributed by atoms with Crippen molar-refractivity contribution in [2.45, 2.75) is 33.4 Å². The zero-order valence-corrected chi connectivity index (χ0v) is 9.54. The van der Waals surface area contributed by atoms with Crippen LogP contribution in [-0.2, 0) is 6.54 Å². The third kappa shape index (κ3) is 3.22. The van der Waals surface area contributed by atoms with Crippen LogP contribution >= 0.6 is 0 Å². The molecule has 1 atom stereocenters. The number of aliphatic hydroxyl groups is 1. The molecular weight excluding hydrogens is 190 g/mol. The number of hydrogen-bond acceptors (Lipinski definition) is 3. The van der Waals surface area contributed by atoms with Gasteiger partial charge in [0, 0.05) is 18.2 Å². The second-order valence-electron chi connectivity index (χ2n) is 4.03. The van der Waals surface area contributed by atoms with Gasteiger partial charge < -0.3 is 15.5 Å². The fourth-order valence-corrected chi connectivity index (χ4v) is 1.35. The molecule has 3 heteroatoms. The fraction of sp³-hybridized carbons (Fsp3) is 0.500. The van der Waals surface area contributed by atoms with Gasteiger partial charge in [0.1, 0.15) is 5.75 Å². The molecule has 0 amide bonds. The Kier molecular flexibility index (Phi) is 4.12. The number of aryl methyl sites for hydroxylation is 2. The lowest BCUT2D eigenvalue weighted by atomic mass is 10.0. The van der Waals surface area contributed by atoms with Crippen LogP contribution in [0, 0.1) is 13.8 Å². The Balaban J connectivity index is 2.73. The van der Waals surface area contributed by atoms with Gasteiger partial charge in [0.05, 0.1) is 6.61 Å². The first-order valence-corrected chi connectivity index (χ1v) is 5.18. The lowest BCUT2D eigenvalue weighted by Crippen LogP contribution is -2.28. The molecule has 0 spiro atoms. The molecule has 0 fully saturated rings. The molecule has 0 bridgehead atoms. The van der Waals surface area contributed by atoms with Gasteiger partial charge in [0.2, 0.25) is 0 Å². The third-order valence-electron chi connectivity index (χ3n) is 2.61. The second kappa shape index (κ2) is 5.14. The van der Waals surface area contributed by atoms with E-state index in [2.05, 4.69) is 5.32 Å². The van der Waals surface area contributed by atoms with Crippen LogP contribution in [0.3, 0.4) is 0 Å². The van der Waals surface area contributed by atoms with Crippen LogP contribution in [0.2, 0.25) is 0 Å². The molecule has 84 valence electrons. The van der Waals surface area contributed by atoms with Gasteiger partial charge in [0.15, 0.2) is 0 Å².